The number of anilines is 1. The van der Waals surface area contributed by atoms with Gasteiger partial charge < -0.3 is 20.9 Å². The second-order valence-corrected chi connectivity index (χ2v) is 6.54. The molecule has 0 unspecified atom stereocenters. The van der Waals surface area contributed by atoms with Gasteiger partial charge in [-0.3, -0.25) is 10.1 Å². The predicted octanol–water partition coefficient (Wildman–Crippen LogP) is 4.74. The van der Waals surface area contributed by atoms with Crippen LogP contribution in [0.25, 0.3) is 10.4 Å². The fourth-order valence-corrected chi connectivity index (χ4v) is 3.02. The Morgan fingerprint density at radius 1 is 1.38 bits per heavy atom. The van der Waals surface area contributed by atoms with Crippen molar-refractivity contribution in [2.45, 2.75) is 27.3 Å². The minimum atomic E-state index is -0.488. The van der Waals surface area contributed by atoms with Crippen molar-refractivity contribution in [2.24, 2.45) is 0 Å². The zero-order chi connectivity index (χ0) is 22.2. The molecule has 1 aromatic carbocycles. The Labute approximate surface area is 176 Å². The number of benzene rings is 1. The molecular weight excluding hydrogens is 390 g/mol. The fraction of sp³-hybridized carbons (Fsp3) is 0.333. The van der Waals surface area contributed by atoms with Gasteiger partial charge in [0.05, 0.1) is 18.6 Å². The van der Waals surface area contributed by atoms with Gasteiger partial charge in [-0.05, 0) is 42.8 Å². The van der Waals surface area contributed by atoms with E-state index in [1.54, 1.807) is 36.7 Å². The number of nitrogens with two attached hydrogens (primary N) is 1. The molecule has 0 radical (unpaired) electrons. The SMILES string of the molecule is C=C(/C=C\C)OC.CC.Nc1cc(-c2ccc(CNCCO)s2)ccc1[N+](=O)[O-]. The molecule has 0 bridgehead atoms. The topological polar surface area (TPSA) is 111 Å². The summed E-state index contributed by atoms with van der Waals surface area (Å²) in [6.45, 7) is 10.8. The Hall–Kier alpha value is -2.68. The first-order valence-electron chi connectivity index (χ1n) is 9.23. The van der Waals surface area contributed by atoms with Gasteiger partial charge in [0, 0.05) is 28.9 Å². The summed E-state index contributed by atoms with van der Waals surface area (Å²) in [5, 5.41) is 22.5. The van der Waals surface area contributed by atoms with E-state index in [2.05, 4.69) is 11.9 Å². The number of ether oxygens (including phenoxy) is 1. The third kappa shape index (κ3) is 9.89. The maximum Gasteiger partial charge on any atom is 0.292 e. The second-order valence-electron chi connectivity index (χ2n) is 5.37. The molecule has 0 aliphatic rings. The Bertz CT molecular complexity index is 788. The van der Waals surface area contributed by atoms with Gasteiger partial charge in [0.2, 0.25) is 0 Å². The third-order valence-electron chi connectivity index (χ3n) is 3.37. The van der Waals surface area contributed by atoms with Crippen LogP contribution in [0.5, 0.6) is 0 Å². The Kier molecular flexibility index (Phi) is 13.9. The number of aliphatic hydroxyl groups excluding tert-OH is 1. The van der Waals surface area contributed by atoms with E-state index in [1.807, 2.05) is 39.0 Å². The first-order valence-corrected chi connectivity index (χ1v) is 10.0. The van der Waals surface area contributed by atoms with Crippen LogP contribution in [0.1, 0.15) is 25.6 Å². The van der Waals surface area contributed by atoms with Crippen LogP contribution < -0.4 is 11.1 Å². The van der Waals surface area contributed by atoms with Crippen LogP contribution in [0.15, 0.2) is 54.8 Å². The lowest BCUT2D eigenvalue weighted by Gasteiger charge is -2.01. The van der Waals surface area contributed by atoms with Crippen molar-refractivity contribution in [2.75, 3.05) is 26.0 Å². The zero-order valence-electron chi connectivity index (χ0n) is 17.5. The number of methoxy groups -OCH3 is 1. The fourth-order valence-electron chi connectivity index (χ4n) is 2.05. The zero-order valence-corrected chi connectivity index (χ0v) is 18.3. The van der Waals surface area contributed by atoms with E-state index in [4.69, 9.17) is 15.6 Å². The van der Waals surface area contributed by atoms with E-state index in [0.29, 0.717) is 18.8 Å². The molecule has 0 saturated heterocycles. The van der Waals surface area contributed by atoms with E-state index in [0.717, 1.165) is 15.3 Å². The van der Waals surface area contributed by atoms with Crippen molar-refractivity contribution in [1.29, 1.82) is 0 Å². The largest absolute Gasteiger partial charge is 0.497 e. The summed E-state index contributed by atoms with van der Waals surface area (Å²) in [5.41, 5.74) is 6.65. The molecule has 7 nitrogen and oxygen atoms in total. The van der Waals surface area contributed by atoms with Gasteiger partial charge in [-0.1, -0.05) is 26.5 Å². The quantitative estimate of drug-likeness (QED) is 0.142. The maximum absolute atomic E-state index is 10.7. The van der Waals surface area contributed by atoms with E-state index >= 15 is 0 Å². The van der Waals surface area contributed by atoms with E-state index in [1.165, 1.54) is 6.07 Å². The van der Waals surface area contributed by atoms with Crippen LogP contribution in [-0.2, 0) is 11.3 Å². The summed E-state index contributed by atoms with van der Waals surface area (Å²) >= 11 is 1.59. The van der Waals surface area contributed by atoms with Gasteiger partial charge in [0.25, 0.3) is 5.69 Å². The summed E-state index contributed by atoms with van der Waals surface area (Å²) in [7, 11) is 1.60. The second kappa shape index (κ2) is 15.3. The molecule has 0 aliphatic carbocycles. The smallest absolute Gasteiger partial charge is 0.292 e. The number of allylic oxidation sites excluding steroid dienone is 2. The Balaban J connectivity index is 0.000000740. The van der Waals surface area contributed by atoms with Gasteiger partial charge in [0.1, 0.15) is 11.4 Å². The summed E-state index contributed by atoms with van der Waals surface area (Å²) < 4.78 is 4.71. The molecule has 2 aromatic rings. The Morgan fingerprint density at radius 3 is 2.55 bits per heavy atom. The average molecular weight is 422 g/mol. The highest BCUT2D eigenvalue weighted by molar-refractivity contribution is 7.15. The summed E-state index contributed by atoms with van der Waals surface area (Å²) in [6.07, 6.45) is 3.69. The molecule has 0 saturated carbocycles. The minimum Gasteiger partial charge on any atom is -0.497 e. The lowest BCUT2D eigenvalue weighted by Crippen LogP contribution is -2.16. The van der Waals surface area contributed by atoms with Crippen LogP contribution in [0.4, 0.5) is 11.4 Å². The molecular formula is C21H31N3O4S. The molecule has 8 heteroatoms. The summed E-state index contributed by atoms with van der Waals surface area (Å²) in [4.78, 5) is 12.4. The number of nitrogens with one attached hydrogen (secondary N) is 1. The first-order chi connectivity index (χ1) is 13.9. The highest BCUT2D eigenvalue weighted by Gasteiger charge is 2.12. The number of nitro groups is 1. The molecule has 1 heterocycles. The number of hydrogen-bond donors (Lipinski definition) is 3. The van der Waals surface area contributed by atoms with Gasteiger partial charge in [0.15, 0.2) is 0 Å². The molecule has 2 rings (SSSR count). The van der Waals surface area contributed by atoms with Crippen molar-refractivity contribution in [3.8, 4) is 10.4 Å². The van der Waals surface area contributed by atoms with Crippen molar-refractivity contribution in [1.82, 2.24) is 5.32 Å². The van der Waals surface area contributed by atoms with Crippen LogP contribution in [-0.4, -0.2) is 30.3 Å². The monoisotopic (exact) mass is 421 g/mol. The van der Waals surface area contributed by atoms with Crippen LogP contribution in [0, 0.1) is 10.1 Å². The van der Waals surface area contributed by atoms with E-state index < -0.39 is 4.92 Å². The molecule has 0 spiro atoms. The third-order valence-corrected chi connectivity index (χ3v) is 4.51. The summed E-state index contributed by atoms with van der Waals surface area (Å²) in [5.74, 6) is 0.697. The lowest BCUT2D eigenvalue weighted by molar-refractivity contribution is -0.383. The van der Waals surface area contributed by atoms with Crippen molar-refractivity contribution >= 4 is 22.7 Å². The van der Waals surface area contributed by atoms with Crippen LogP contribution in [0.2, 0.25) is 0 Å². The number of nitrogen functional groups attached to an aromatic ring is 1. The number of aliphatic hydroxyl groups is 1. The minimum absolute atomic E-state index is 0.0739. The molecule has 0 fully saturated rings. The molecule has 1 aromatic heterocycles. The number of rotatable bonds is 8. The standard InChI is InChI=1S/C13H15N3O3S.C6H10O.C2H6/c14-11-7-9(1-3-12(11)16(18)19)13-4-2-10(20-13)8-15-5-6-17;1-4-5-6(2)7-3;1-2/h1-4,7,15,17H,5-6,8,14H2;4-5H,2H2,1,3H3;1-2H3/b;5-4-;. The number of thiophene rings is 1. The van der Waals surface area contributed by atoms with Crippen LogP contribution in [0.3, 0.4) is 0 Å². The maximum atomic E-state index is 10.7. The highest BCUT2D eigenvalue weighted by atomic mass is 32.1. The normalized spacial score (nSPS) is 9.83. The van der Waals surface area contributed by atoms with Gasteiger partial charge in [-0.2, -0.15) is 0 Å². The molecule has 4 N–H and O–H groups in total. The molecule has 29 heavy (non-hydrogen) atoms. The van der Waals surface area contributed by atoms with E-state index in [-0.39, 0.29) is 18.0 Å². The van der Waals surface area contributed by atoms with Gasteiger partial charge >= 0.3 is 0 Å². The molecule has 0 amide bonds. The van der Waals surface area contributed by atoms with Crippen molar-refractivity contribution < 1.29 is 14.8 Å². The highest BCUT2D eigenvalue weighted by Crippen LogP contribution is 2.32. The summed E-state index contributed by atoms with van der Waals surface area (Å²) in [6, 6.07) is 8.69. The van der Waals surface area contributed by atoms with Crippen LogP contribution >= 0.6 is 11.3 Å². The number of nitrogens with zero attached hydrogens (tertiary/aromatic N) is 1. The molecule has 160 valence electrons. The molecule has 0 aliphatic heterocycles. The lowest BCUT2D eigenvalue weighted by atomic mass is 10.1. The van der Waals surface area contributed by atoms with E-state index in [9.17, 15) is 10.1 Å². The van der Waals surface area contributed by atoms with Crippen molar-refractivity contribution in [3.05, 3.63) is 69.8 Å². The van der Waals surface area contributed by atoms with Gasteiger partial charge in [-0.15, -0.1) is 11.3 Å². The van der Waals surface area contributed by atoms with Gasteiger partial charge in [-0.25, -0.2) is 0 Å². The first kappa shape index (κ1) is 26.3. The predicted molar refractivity (Wildman–Crippen MR) is 122 cm³/mol. The number of hydrogen-bond acceptors (Lipinski definition) is 7. The number of nitro benzene ring substituents is 1. The van der Waals surface area contributed by atoms with Crippen molar-refractivity contribution in [3.63, 3.8) is 0 Å². The Morgan fingerprint density at radius 2 is 2.07 bits per heavy atom. The average Bonchev–Trinajstić information content (AvgIpc) is 3.19. The molecule has 0 atom stereocenters.